The fourth-order valence-corrected chi connectivity index (χ4v) is 4.74. The summed E-state index contributed by atoms with van der Waals surface area (Å²) < 4.78 is 19.6. The summed E-state index contributed by atoms with van der Waals surface area (Å²) in [6.45, 7) is 5.72. The molecule has 200 valence electrons. The zero-order chi connectivity index (χ0) is 24.1. The Hall–Kier alpha value is -0.790. The molecular weight excluding hydrogens is 522 g/mol. The molecule has 0 saturated heterocycles. The molecule has 1 aromatic carbocycles. The van der Waals surface area contributed by atoms with Gasteiger partial charge in [0.05, 0.1) is 25.2 Å². The quantitative estimate of drug-likeness (QED) is 0.156. The zero-order valence-electron chi connectivity index (χ0n) is 22.1. The van der Waals surface area contributed by atoms with Gasteiger partial charge in [0.15, 0.2) is 12.7 Å². The lowest BCUT2D eigenvalue weighted by atomic mass is 10.1. The van der Waals surface area contributed by atoms with Gasteiger partial charge >= 0.3 is 0 Å². The van der Waals surface area contributed by atoms with E-state index in [0.717, 1.165) is 19.6 Å². The molecule has 0 aliphatic rings. The van der Waals surface area contributed by atoms with E-state index in [0.29, 0.717) is 19.8 Å². The van der Waals surface area contributed by atoms with Gasteiger partial charge in [-0.1, -0.05) is 113 Å². The summed E-state index contributed by atoms with van der Waals surface area (Å²) in [7, 11) is 1.74. The van der Waals surface area contributed by atoms with Crippen LogP contribution in [0.15, 0.2) is 41.4 Å². The summed E-state index contributed by atoms with van der Waals surface area (Å²) >= 11 is 1.71. The number of benzene rings is 1. The highest BCUT2D eigenvalue weighted by Gasteiger charge is 2.11. The van der Waals surface area contributed by atoms with Crippen LogP contribution in [-0.4, -0.2) is 33.0 Å². The van der Waals surface area contributed by atoms with E-state index in [-0.39, 0.29) is 23.1 Å². The van der Waals surface area contributed by atoms with Crippen molar-refractivity contribution in [2.24, 2.45) is 0 Å². The van der Waals surface area contributed by atoms with Crippen LogP contribution in [-0.2, 0) is 27.4 Å². The second-order valence-corrected chi connectivity index (χ2v) is 10.1. The van der Waals surface area contributed by atoms with Gasteiger partial charge in [-0.3, -0.25) is 0 Å². The van der Waals surface area contributed by atoms with E-state index >= 15 is 0 Å². The summed E-state index contributed by atoms with van der Waals surface area (Å²) in [6, 6.07) is 8.49. The van der Waals surface area contributed by atoms with Gasteiger partial charge in [0.25, 0.3) is 0 Å². The van der Waals surface area contributed by atoms with E-state index in [1.165, 1.54) is 81.8 Å². The van der Waals surface area contributed by atoms with E-state index < -0.39 is 0 Å². The van der Waals surface area contributed by atoms with Crippen molar-refractivity contribution in [2.45, 2.75) is 103 Å². The molecule has 0 amide bonds. The van der Waals surface area contributed by atoms with Gasteiger partial charge in [0.1, 0.15) is 6.10 Å². The third-order valence-electron chi connectivity index (χ3n) is 6.34. The minimum Gasteiger partial charge on any atom is -1.00 e. The van der Waals surface area contributed by atoms with Gasteiger partial charge in [0, 0.05) is 19.3 Å². The summed E-state index contributed by atoms with van der Waals surface area (Å²) in [6.07, 6.45) is 18.5. The predicted octanol–water partition coefficient (Wildman–Crippen LogP) is 4.34. The summed E-state index contributed by atoms with van der Waals surface area (Å²) in [4.78, 5) is 0. The lowest BCUT2D eigenvalue weighted by Gasteiger charge is -2.16. The minimum absolute atomic E-state index is 0. The molecule has 4 nitrogen and oxygen atoms in total. The van der Waals surface area contributed by atoms with Gasteiger partial charge in [0.2, 0.25) is 5.51 Å². The fourth-order valence-electron chi connectivity index (χ4n) is 4.15. The van der Waals surface area contributed by atoms with Crippen LogP contribution in [0, 0.1) is 0 Å². The van der Waals surface area contributed by atoms with Gasteiger partial charge in [-0.15, -0.1) is 0 Å². The van der Waals surface area contributed by atoms with Crippen molar-refractivity contribution >= 4 is 11.3 Å². The molecule has 6 heteroatoms. The Morgan fingerprint density at radius 1 is 0.800 bits per heavy atom. The topological polar surface area (TPSA) is 31.6 Å². The van der Waals surface area contributed by atoms with E-state index in [9.17, 15) is 0 Å². The normalized spacial score (nSPS) is 11.9. The average Bonchev–Trinajstić information content (AvgIpc) is 3.37. The summed E-state index contributed by atoms with van der Waals surface area (Å²) in [5.74, 6) is 0. The van der Waals surface area contributed by atoms with Crippen molar-refractivity contribution in [3.8, 4) is 0 Å². The average molecular weight is 571 g/mol. The second-order valence-electron chi connectivity index (χ2n) is 9.30. The van der Waals surface area contributed by atoms with Gasteiger partial charge in [-0.25, -0.2) is 0 Å². The number of hydrogen-bond donors (Lipinski definition) is 0. The molecule has 2 rings (SSSR count). The van der Waals surface area contributed by atoms with E-state index in [4.69, 9.17) is 14.2 Å². The van der Waals surface area contributed by atoms with Crippen LogP contribution >= 0.6 is 11.3 Å². The standard InChI is InChI=1S/C29H48NO3S.BrH/c1-3-4-5-6-7-8-9-10-11-12-13-16-20-32-24-29(31-2)25-33-23-28-18-15-14-17-27(28)22-30-19-21-34-26-30;/h14-15,17-19,21,26,29H,3-13,16,20,22-25H2,1-2H3;1H/q+1;/p-1. The van der Waals surface area contributed by atoms with Crippen LogP contribution in [0.2, 0.25) is 0 Å². The molecule has 0 aliphatic carbocycles. The maximum absolute atomic E-state index is 5.99. The zero-order valence-corrected chi connectivity index (χ0v) is 24.5. The number of unbranched alkanes of at least 4 members (excludes halogenated alkanes) is 11. The van der Waals surface area contributed by atoms with Crippen LogP contribution in [0.25, 0.3) is 0 Å². The Labute approximate surface area is 229 Å². The SMILES string of the molecule is CCCCCCCCCCCCCCOCC(COCc1ccccc1C[n+]1ccsc1)OC.[Br-]. The number of rotatable bonds is 22. The number of ether oxygens (including phenoxy) is 3. The molecule has 0 radical (unpaired) electrons. The molecule has 2 aromatic rings. The summed E-state index contributed by atoms with van der Waals surface area (Å²) in [5.41, 5.74) is 4.66. The molecule has 1 unspecified atom stereocenters. The number of aromatic nitrogens is 1. The molecule has 1 aromatic heterocycles. The van der Waals surface area contributed by atoms with Crippen LogP contribution in [0.5, 0.6) is 0 Å². The smallest absolute Gasteiger partial charge is 0.224 e. The molecule has 0 bridgehead atoms. The first-order chi connectivity index (χ1) is 16.8. The van der Waals surface area contributed by atoms with Gasteiger partial charge in [-0.05, 0) is 12.0 Å². The lowest BCUT2D eigenvalue weighted by molar-refractivity contribution is -0.683. The third-order valence-corrected chi connectivity index (χ3v) is 7.01. The maximum Gasteiger partial charge on any atom is 0.224 e. The first-order valence-corrected chi connectivity index (χ1v) is 14.4. The van der Waals surface area contributed by atoms with Crippen LogP contribution in [0.4, 0.5) is 0 Å². The highest BCUT2D eigenvalue weighted by Crippen LogP contribution is 2.13. The first-order valence-electron chi connectivity index (χ1n) is 13.5. The van der Waals surface area contributed by atoms with E-state index in [1.54, 1.807) is 18.4 Å². The Kier molecular flexibility index (Phi) is 20.6. The Bertz CT molecular complexity index is 714. The molecule has 0 saturated carbocycles. The first kappa shape index (κ1) is 32.2. The number of thiazole rings is 1. The van der Waals surface area contributed by atoms with E-state index in [1.807, 2.05) is 0 Å². The number of methoxy groups -OCH3 is 1. The molecule has 35 heavy (non-hydrogen) atoms. The molecule has 0 fully saturated rings. The van der Waals surface area contributed by atoms with Crippen molar-refractivity contribution < 1.29 is 35.8 Å². The van der Waals surface area contributed by atoms with Crippen LogP contribution in [0.1, 0.15) is 95.1 Å². The predicted molar refractivity (Wildman–Crippen MR) is 142 cm³/mol. The monoisotopic (exact) mass is 569 g/mol. The van der Waals surface area contributed by atoms with Gasteiger partial charge in [-0.2, -0.15) is 4.57 Å². The Morgan fingerprint density at radius 3 is 2.00 bits per heavy atom. The largest absolute Gasteiger partial charge is 1.00 e. The van der Waals surface area contributed by atoms with Crippen molar-refractivity contribution in [3.63, 3.8) is 0 Å². The Balaban J connectivity index is 0.00000612. The fraction of sp³-hybridized carbons (Fsp3) is 0.690. The van der Waals surface area contributed by atoms with Crippen molar-refractivity contribution in [3.05, 3.63) is 52.5 Å². The number of hydrogen-bond acceptors (Lipinski definition) is 4. The third kappa shape index (κ3) is 15.8. The number of halogens is 1. The highest BCUT2D eigenvalue weighted by molar-refractivity contribution is 7.07. The van der Waals surface area contributed by atoms with Crippen LogP contribution in [0.3, 0.4) is 0 Å². The van der Waals surface area contributed by atoms with Crippen molar-refractivity contribution in [1.29, 1.82) is 0 Å². The molecule has 0 spiro atoms. The van der Waals surface area contributed by atoms with Crippen molar-refractivity contribution in [1.82, 2.24) is 0 Å². The molecular formula is C29H48BrNO3S. The van der Waals surface area contributed by atoms with Crippen LogP contribution < -0.4 is 21.5 Å². The maximum atomic E-state index is 5.99. The second kappa shape index (κ2) is 22.4. The summed E-state index contributed by atoms with van der Waals surface area (Å²) in [5, 5.41) is 2.10. The Morgan fingerprint density at radius 2 is 1.40 bits per heavy atom. The number of nitrogens with zero attached hydrogens (tertiary/aromatic N) is 1. The molecule has 0 aliphatic heterocycles. The molecule has 1 atom stereocenters. The van der Waals surface area contributed by atoms with E-state index in [2.05, 4.69) is 52.8 Å². The van der Waals surface area contributed by atoms with Crippen molar-refractivity contribution in [2.75, 3.05) is 26.9 Å². The van der Waals surface area contributed by atoms with Gasteiger partial charge < -0.3 is 31.2 Å². The molecule has 0 N–H and O–H groups in total. The lowest BCUT2D eigenvalue weighted by Crippen LogP contribution is -3.00. The highest BCUT2D eigenvalue weighted by atomic mass is 79.9. The molecule has 1 heterocycles. The minimum atomic E-state index is -0.0178.